The van der Waals surface area contributed by atoms with Crippen LogP contribution < -0.4 is 5.73 Å². The van der Waals surface area contributed by atoms with E-state index in [-0.39, 0.29) is 18.3 Å². The standard InChI is InChI=1S/C14H15FN4/c1-9(2)19-14(17)11(8-16)13(18-19)7-10-5-3-4-6-12(10)15/h3-6,9H,7,17H2,1-2H3. The van der Waals surface area contributed by atoms with E-state index in [1.165, 1.54) is 6.07 Å². The van der Waals surface area contributed by atoms with Gasteiger partial charge in [0.2, 0.25) is 0 Å². The van der Waals surface area contributed by atoms with Crippen LogP contribution in [0.4, 0.5) is 10.2 Å². The Morgan fingerprint density at radius 3 is 2.68 bits per heavy atom. The number of nitrogen functional groups attached to an aromatic ring is 1. The molecule has 2 rings (SSSR count). The molecule has 0 amide bonds. The zero-order valence-electron chi connectivity index (χ0n) is 10.9. The lowest BCUT2D eigenvalue weighted by Gasteiger charge is -2.06. The fraction of sp³-hybridized carbons (Fsp3) is 0.286. The SMILES string of the molecule is CC(C)n1nc(Cc2ccccc2F)c(C#N)c1N. The molecule has 0 radical (unpaired) electrons. The second-order valence-electron chi connectivity index (χ2n) is 4.63. The van der Waals surface area contributed by atoms with E-state index in [1.54, 1.807) is 22.9 Å². The van der Waals surface area contributed by atoms with Crippen LogP contribution in [0.5, 0.6) is 0 Å². The molecule has 5 heteroatoms. The van der Waals surface area contributed by atoms with E-state index in [4.69, 9.17) is 11.0 Å². The molecule has 19 heavy (non-hydrogen) atoms. The van der Waals surface area contributed by atoms with Crippen molar-refractivity contribution in [3.05, 3.63) is 46.9 Å². The van der Waals surface area contributed by atoms with E-state index >= 15 is 0 Å². The number of aromatic nitrogens is 2. The number of nitrogens with two attached hydrogens (primary N) is 1. The van der Waals surface area contributed by atoms with Gasteiger partial charge in [0.15, 0.2) is 0 Å². The highest BCUT2D eigenvalue weighted by molar-refractivity contribution is 5.53. The normalized spacial score (nSPS) is 10.7. The molecule has 0 bridgehead atoms. The molecular formula is C14H15FN4. The molecule has 0 unspecified atom stereocenters. The zero-order chi connectivity index (χ0) is 14.0. The molecule has 2 aromatic rings. The van der Waals surface area contributed by atoms with E-state index in [0.717, 1.165) is 0 Å². The lowest BCUT2D eigenvalue weighted by atomic mass is 10.1. The number of halogens is 1. The Morgan fingerprint density at radius 1 is 1.42 bits per heavy atom. The average molecular weight is 258 g/mol. The van der Waals surface area contributed by atoms with Gasteiger partial charge >= 0.3 is 0 Å². The maximum absolute atomic E-state index is 13.6. The van der Waals surface area contributed by atoms with Crippen molar-refractivity contribution in [3.8, 4) is 6.07 Å². The number of nitriles is 1. The molecule has 1 aromatic heterocycles. The van der Waals surface area contributed by atoms with Crippen molar-refractivity contribution < 1.29 is 4.39 Å². The summed E-state index contributed by atoms with van der Waals surface area (Å²) in [7, 11) is 0. The molecular weight excluding hydrogens is 243 g/mol. The Bertz CT molecular complexity index is 637. The summed E-state index contributed by atoms with van der Waals surface area (Å²) in [6.07, 6.45) is 0.263. The molecule has 0 saturated carbocycles. The van der Waals surface area contributed by atoms with Crippen molar-refractivity contribution >= 4 is 5.82 Å². The van der Waals surface area contributed by atoms with Gasteiger partial charge in [-0.25, -0.2) is 9.07 Å². The minimum Gasteiger partial charge on any atom is -0.383 e. The van der Waals surface area contributed by atoms with Crippen LogP contribution >= 0.6 is 0 Å². The largest absolute Gasteiger partial charge is 0.383 e. The molecule has 0 fully saturated rings. The fourth-order valence-electron chi connectivity index (χ4n) is 1.96. The van der Waals surface area contributed by atoms with Crippen LogP contribution in [0.2, 0.25) is 0 Å². The Labute approximate surface area is 111 Å². The molecule has 1 aromatic carbocycles. The molecule has 0 aliphatic rings. The van der Waals surface area contributed by atoms with Gasteiger partial charge in [0.25, 0.3) is 0 Å². The molecule has 0 aliphatic carbocycles. The Kier molecular flexibility index (Phi) is 3.52. The van der Waals surface area contributed by atoms with Gasteiger partial charge in [-0.1, -0.05) is 18.2 Å². The number of rotatable bonds is 3. The van der Waals surface area contributed by atoms with Crippen LogP contribution in [0.15, 0.2) is 24.3 Å². The zero-order valence-corrected chi connectivity index (χ0v) is 10.9. The first-order chi connectivity index (χ1) is 9.04. The van der Waals surface area contributed by atoms with Gasteiger partial charge in [-0.15, -0.1) is 0 Å². The predicted octanol–water partition coefficient (Wildman–Crippen LogP) is 2.65. The van der Waals surface area contributed by atoms with Crippen LogP contribution in [0.3, 0.4) is 0 Å². The minimum atomic E-state index is -0.302. The van der Waals surface area contributed by atoms with Crippen molar-refractivity contribution in [2.24, 2.45) is 0 Å². The summed E-state index contributed by atoms with van der Waals surface area (Å²) in [5, 5.41) is 13.5. The van der Waals surface area contributed by atoms with E-state index < -0.39 is 0 Å². The lowest BCUT2D eigenvalue weighted by molar-refractivity contribution is 0.534. The van der Waals surface area contributed by atoms with Gasteiger partial charge in [0.1, 0.15) is 23.3 Å². The summed E-state index contributed by atoms with van der Waals surface area (Å²) >= 11 is 0. The Balaban J connectivity index is 2.44. The summed E-state index contributed by atoms with van der Waals surface area (Å²) in [6, 6.07) is 8.57. The van der Waals surface area contributed by atoms with Gasteiger partial charge in [-0.2, -0.15) is 10.4 Å². The highest BCUT2D eigenvalue weighted by atomic mass is 19.1. The van der Waals surface area contributed by atoms with Crippen molar-refractivity contribution in [2.45, 2.75) is 26.3 Å². The summed E-state index contributed by atoms with van der Waals surface area (Å²) in [5.41, 5.74) is 7.24. The van der Waals surface area contributed by atoms with Gasteiger partial charge in [-0.05, 0) is 25.5 Å². The first-order valence-electron chi connectivity index (χ1n) is 6.05. The van der Waals surface area contributed by atoms with Gasteiger partial charge in [0, 0.05) is 12.5 Å². The fourth-order valence-corrected chi connectivity index (χ4v) is 1.96. The summed E-state index contributed by atoms with van der Waals surface area (Å²) in [5.74, 6) is 0.0351. The van der Waals surface area contributed by atoms with Crippen molar-refractivity contribution in [3.63, 3.8) is 0 Å². The monoisotopic (exact) mass is 258 g/mol. The molecule has 1 heterocycles. The quantitative estimate of drug-likeness (QED) is 0.920. The predicted molar refractivity (Wildman–Crippen MR) is 70.9 cm³/mol. The smallest absolute Gasteiger partial charge is 0.140 e. The molecule has 0 spiro atoms. The Hall–Kier alpha value is -2.35. The number of nitrogens with zero attached hydrogens (tertiary/aromatic N) is 3. The lowest BCUT2D eigenvalue weighted by Crippen LogP contribution is -2.07. The highest BCUT2D eigenvalue weighted by Gasteiger charge is 2.18. The van der Waals surface area contributed by atoms with Crippen LogP contribution in [0.25, 0.3) is 0 Å². The topological polar surface area (TPSA) is 67.6 Å². The minimum absolute atomic E-state index is 0.0569. The summed E-state index contributed by atoms with van der Waals surface area (Å²) < 4.78 is 15.2. The van der Waals surface area contributed by atoms with E-state index in [2.05, 4.69) is 5.10 Å². The molecule has 2 N–H and O–H groups in total. The van der Waals surface area contributed by atoms with Crippen molar-refractivity contribution in [1.82, 2.24) is 9.78 Å². The summed E-state index contributed by atoms with van der Waals surface area (Å²) in [6.45, 7) is 3.86. The van der Waals surface area contributed by atoms with Crippen LogP contribution in [-0.4, -0.2) is 9.78 Å². The number of hydrogen-bond acceptors (Lipinski definition) is 3. The van der Waals surface area contributed by atoms with Gasteiger partial charge in [0.05, 0.1) is 5.69 Å². The maximum Gasteiger partial charge on any atom is 0.140 e. The summed E-state index contributed by atoms with van der Waals surface area (Å²) in [4.78, 5) is 0. The molecule has 0 aliphatic heterocycles. The van der Waals surface area contributed by atoms with Crippen LogP contribution in [0.1, 0.15) is 36.7 Å². The van der Waals surface area contributed by atoms with Crippen molar-refractivity contribution in [1.29, 1.82) is 5.26 Å². The van der Waals surface area contributed by atoms with Crippen LogP contribution in [-0.2, 0) is 6.42 Å². The molecule has 98 valence electrons. The molecule has 0 atom stereocenters. The molecule has 0 saturated heterocycles. The van der Waals surface area contributed by atoms with E-state index in [9.17, 15) is 4.39 Å². The third kappa shape index (κ3) is 2.43. The number of hydrogen-bond donors (Lipinski definition) is 1. The van der Waals surface area contributed by atoms with Crippen molar-refractivity contribution in [2.75, 3.05) is 5.73 Å². The number of benzene rings is 1. The van der Waals surface area contributed by atoms with E-state index in [1.807, 2.05) is 19.9 Å². The first kappa shape index (κ1) is 13.1. The Morgan fingerprint density at radius 2 is 2.11 bits per heavy atom. The van der Waals surface area contributed by atoms with Gasteiger partial charge < -0.3 is 5.73 Å². The van der Waals surface area contributed by atoms with Crippen LogP contribution in [0, 0.1) is 17.1 Å². The maximum atomic E-state index is 13.6. The third-order valence-electron chi connectivity index (χ3n) is 2.94. The third-order valence-corrected chi connectivity index (χ3v) is 2.94. The average Bonchev–Trinajstić information content (AvgIpc) is 2.68. The van der Waals surface area contributed by atoms with Gasteiger partial charge in [-0.3, -0.25) is 0 Å². The second-order valence-corrected chi connectivity index (χ2v) is 4.63. The second kappa shape index (κ2) is 5.11. The van der Waals surface area contributed by atoms with E-state index in [0.29, 0.717) is 22.6 Å². The number of anilines is 1. The highest BCUT2D eigenvalue weighted by Crippen LogP contribution is 2.22. The molecule has 4 nitrogen and oxygen atoms in total. The first-order valence-corrected chi connectivity index (χ1v) is 6.05.